The molecule has 0 saturated heterocycles. The standard InChI is InChI=1S/C9H15ClO/c1-2-11-7-8-4-3-5-9(10)6-8/h6,9H,2-5,7H2,1H3. The molecule has 1 aliphatic carbocycles. The summed E-state index contributed by atoms with van der Waals surface area (Å²) in [6, 6.07) is 0. The highest BCUT2D eigenvalue weighted by Gasteiger charge is 2.10. The van der Waals surface area contributed by atoms with E-state index < -0.39 is 0 Å². The molecule has 1 aliphatic rings. The molecule has 0 aromatic rings. The summed E-state index contributed by atoms with van der Waals surface area (Å²) in [6.07, 6.45) is 5.65. The average Bonchev–Trinajstić information content (AvgIpc) is 2.01. The third kappa shape index (κ3) is 3.26. The van der Waals surface area contributed by atoms with Gasteiger partial charge in [-0.3, -0.25) is 0 Å². The van der Waals surface area contributed by atoms with E-state index in [1.807, 2.05) is 6.92 Å². The van der Waals surface area contributed by atoms with Gasteiger partial charge in [-0.25, -0.2) is 0 Å². The zero-order chi connectivity index (χ0) is 8.10. The molecule has 64 valence electrons. The van der Waals surface area contributed by atoms with Crippen LogP contribution in [0.25, 0.3) is 0 Å². The van der Waals surface area contributed by atoms with Gasteiger partial charge in [0.05, 0.1) is 12.0 Å². The van der Waals surface area contributed by atoms with E-state index in [9.17, 15) is 0 Å². The van der Waals surface area contributed by atoms with Gasteiger partial charge in [-0.05, 0) is 31.8 Å². The van der Waals surface area contributed by atoms with Crippen LogP contribution in [0.5, 0.6) is 0 Å². The second kappa shape index (κ2) is 4.78. The number of ether oxygens (including phenoxy) is 1. The first-order valence-electron chi connectivity index (χ1n) is 4.24. The van der Waals surface area contributed by atoms with Crippen molar-refractivity contribution in [3.05, 3.63) is 11.6 Å². The van der Waals surface area contributed by atoms with Gasteiger partial charge in [0.1, 0.15) is 0 Å². The number of hydrogen-bond donors (Lipinski definition) is 0. The van der Waals surface area contributed by atoms with Crippen molar-refractivity contribution >= 4 is 11.6 Å². The maximum absolute atomic E-state index is 5.96. The highest BCUT2D eigenvalue weighted by atomic mass is 35.5. The summed E-state index contributed by atoms with van der Waals surface area (Å²) >= 11 is 5.96. The van der Waals surface area contributed by atoms with E-state index >= 15 is 0 Å². The lowest BCUT2D eigenvalue weighted by molar-refractivity contribution is 0.167. The van der Waals surface area contributed by atoms with Crippen LogP contribution < -0.4 is 0 Å². The first kappa shape index (κ1) is 9.08. The smallest absolute Gasteiger partial charge is 0.0677 e. The van der Waals surface area contributed by atoms with Gasteiger partial charge in [0.15, 0.2) is 0 Å². The van der Waals surface area contributed by atoms with Crippen LogP contribution in [0.4, 0.5) is 0 Å². The molecule has 0 N–H and O–H groups in total. The van der Waals surface area contributed by atoms with Crippen molar-refractivity contribution in [1.29, 1.82) is 0 Å². The fraction of sp³-hybridized carbons (Fsp3) is 0.778. The van der Waals surface area contributed by atoms with Gasteiger partial charge in [0, 0.05) is 6.61 Å². The lowest BCUT2D eigenvalue weighted by Crippen LogP contribution is -2.07. The van der Waals surface area contributed by atoms with Crippen molar-refractivity contribution in [1.82, 2.24) is 0 Å². The van der Waals surface area contributed by atoms with E-state index in [2.05, 4.69) is 6.08 Å². The molecule has 11 heavy (non-hydrogen) atoms. The Bertz CT molecular complexity index is 142. The molecule has 0 aromatic heterocycles. The predicted molar refractivity (Wildman–Crippen MR) is 48.1 cm³/mol. The van der Waals surface area contributed by atoms with Crippen molar-refractivity contribution < 1.29 is 4.74 Å². The summed E-state index contributed by atoms with van der Waals surface area (Å²) < 4.78 is 5.29. The predicted octanol–water partition coefficient (Wildman–Crippen LogP) is 2.74. The Balaban J connectivity index is 2.31. The average molecular weight is 175 g/mol. The lowest BCUT2D eigenvalue weighted by atomic mass is 10.00. The van der Waals surface area contributed by atoms with E-state index in [1.165, 1.54) is 18.4 Å². The van der Waals surface area contributed by atoms with Crippen LogP contribution in [0.1, 0.15) is 26.2 Å². The number of allylic oxidation sites excluding steroid dienone is 1. The van der Waals surface area contributed by atoms with Gasteiger partial charge in [-0.15, -0.1) is 11.6 Å². The SMILES string of the molecule is CCOCC1=CC(Cl)CCC1. The number of hydrogen-bond acceptors (Lipinski definition) is 1. The van der Waals surface area contributed by atoms with Crippen LogP contribution in [0.15, 0.2) is 11.6 Å². The summed E-state index contributed by atoms with van der Waals surface area (Å²) in [5.74, 6) is 0. The molecule has 0 radical (unpaired) electrons. The van der Waals surface area contributed by atoms with E-state index in [1.54, 1.807) is 0 Å². The Morgan fingerprint density at radius 2 is 2.55 bits per heavy atom. The van der Waals surface area contributed by atoms with Gasteiger partial charge >= 0.3 is 0 Å². The topological polar surface area (TPSA) is 9.23 Å². The first-order valence-corrected chi connectivity index (χ1v) is 4.68. The minimum atomic E-state index is 0.249. The molecular formula is C9H15ClO. The van der Waals surface area contributed by atoms with Crippen molar-refractivity contribution in [2.24, 2.45) is 0 Å². The van der Waals surface area contributed by atoms with Crippen molar-refractivity contribution in [2.45, 2.75) is 31.6 Å². The van der Waals surface area contributed by atoms with Crippen LogP contribution in [0, 0.1) is 0 Å². The third-order valence-corrected chi connectivity index (χ3v) is 2.23. The molecule has 0 heterocycles. The van der Waals surface area contributed by atoms with E-state index in [0.29, 0.717) is 0 Å². The molecule has 1 unspecified atom stereocenters. The molecule has 1 rings (SSSR count). The maximum atomic E-state index is 5.96. The minimum absolute atomic E-state index is 0.249. The molecule has 1 nitrogen and oxygen atoms in total. The molecule has 0 fully saturated rings. The Morgan fingerprint density at radius 1 is 1.73 bits per heavy atom. The fourth-order valence-corrected chi connectivity index (χ4v) is 1.63. The van der Waals surface area contributed by atoms with Gasteiger partial charge in [-0.1, -0.05) is 6.08 Å². The number of alkyl halides is 1. The zero-order valence-electron chi connectivity index (χ0n) is 6.98. The lowest BCUT2D eigenvalue weighted by Gasteiger charge is -2.15. The number of rotatable bonds is 3. The van der Waals surface area contributed by atoms with Crippen LogP contribution in [0.2, 0.25) is 0 Å². The van der Waals surface area contributed by atoms with E-state index in [4.69, 9.17) is 16.3 Å². The first-order chi connectivity index (χ1) is 5.33. The Labute approximate surface area is 73.4 Å². The largest absolute Gasteiger partial charge is 0.377 e. The van der Waals surface area contributed by atoms with E-state index in [0.717, 1.165) is 19.6 Å². The molecule has 0 spiro atoms. The molecule has 0 aromatic carbocycles. The van der Waals surface area contributed by atoms with Crippen LogP contribution in [-0.2, 0) is 4.74 Å². The van der Waals surface area contributed by atoms with Crippen LogP contribution >= 0.6 is 11.6 Å². The summed E-state index contributed by atoms with van der Waals surface area (Å²) in [6.45, 7) is 3.59. The Hall–Kier alpha value is -0.0100. The molecule has 0 saturated carbocycles. The molecule has 1 atom stereocenters. The second-order valence-electron chi connectivity index (χ2n) is 2.87. The maximum Gasteiger partial charge on any atom is 0.0677 e. The highest BCUT2D eigenvalue weighted by molar-refractivity contribution is 6.21. The van der Waals surface area contributed by atoms with Gasteiger partial charge in [-0.2, -0.15) is 0 Å². The summed E-state index contributed by atoms with van der Waals surface area (Å²) in [4.78, 5) is 0. The van der Waals surface area contributed by atoms with E-state index in [-0.39, 0.29) is 5.38 Å². The van der Waals surface area contributed by atoms with Crippen molar-refractivity contribution in [2.75, 3.05) is 13.2 Å². The van der Waals surface area contributed by atoms with Crippen LogP contribution in [-0.4, -0.2) is 18.6 Å². The second-order valence-corrected chi connectivity index (χ2v) is 3.43. The molecule has 0 bridgehead atoms. The summed E-state index contributed by atoms with van der Waals surface area (Å²) in [5, 5.41) is 0.249. The Kier molecular flexibility index (Phi) is 3.95. The molecule has 2 heteroatoms. The Morgan fingerprint density at radius 3 is 3.18 bits per heavy atom. The summed E-state index contributed by atoms with van der Waals surface area (Å²) in [5.41, 5.74) is 1.37. The number of halogens is 1. The minimum Gasteiger partial charge on any atom is -0.377 e. The zero-order valence-corrected chi connectivity index (χ0v) is 7.73. The third-order valence-electron chi connectivity index (χ3n) is 1.89. The summed E-state index contributed by atoms with van der Waals surface area (Å²) in [7, 11) is 0. The fourth-order valence-electron chi connectivity index (χ4n) is 1.30. The molecule has 0 amide bonds. The highest BCUT2D eigenvalue weighted by Crippen LogP contribution is 2.21. The van der Waals surface area contributed by atoms with Crippen LogP contribution in [0.3, 0.4) is 0 Å². The molecule has 0 aliphatic heterocycles. The molecular weight excluding hydrogens is 160 g/mol. The monoisotopic (exact) mass is 174 g/mol. The normalized spacial score (nSPS) is 24.9. The van der Waals surface area contributed by atoms with Gasteiger partial charge < -0.3 is 4.74 Å². The van der Waals surface area contributed by atoms with Gasteiger partial charge in [0.2, 0.25) is 0 Å². The van der Waals surface area contributed by atoms with Crippen molar-refractivity contribution in [3.63, 3.8) is 0 Å². The quantitative estimate of drug-likeness (QED) is 0.472. The van der Waals surface area contributed by atoms with Gasteiger partial charge in [0.25, 0.3) is 0 Å². The van der Waals surface area contributed by atoms with Crippen molar-refractivity contribution in [3.8, 4) is 0 Å².